The van der Waals surface area contributed by atoms with Crippen molar-refractivity contribution in [1.29, 1.82) is 0 Å². The van der Waals surface area contributed by atoms with E-state index in [1.165, 1.54) is 24.6 Å². The highest BCUT2D eigenvalue weighted by Crippen LogP contribution is 2.18. The van der Waals surface area contributed by atoms with E-state index in [2.05, 4.69) is 15.0 Å². The molecule has 0 spiro atoms. The van der Waals surface area contributed by atoms with Crippen LogP contribution in [0.3, 0.4) is 0 Å². The number of hydrogen-bond acceptors (Lipinski definition) is 6. The molecular weight excluding hydrogens is 390 g/mol. The Hall–Kier alpha value is -3.65. The van der Waals surface area contributed by atoms with Crippen molar-refractivity contribution in [2.24, 2.45) is 0 Å². The molecule has 0 bridgehead atoms. The monoisotopic (exact) mass is 407 g/mol. The second kappa shape index (κ2) is 7.76. The largest absolute Gasteiger partial charge is 0.464 e. The summed E-state index contributed by atoms with van der Waals surface area (Å²) in [5.74, 6) is 0.248. The summed E-state index contributed by atoms with van der Waals surface area (Å²) in [5, 5.41) is 3.63. The molecule has 2 aromatic carbocycles. The van der Waals surface area contributed by atoms with Crippen molar-refractivity contribution in [1.82, 2.24) is 4.98 Å². The maximum atomic E-state index is 12.5. The zero-order valence-corrected chi connectivity index (χ0v) is 16.0. The molecule has 8 heteroatoms. The van der Waals surface area contributed by atoms with E-state index >= 15 is 0 Å². The van der Waals surface area contributed by atoms with Crippen LogP contribution in [0.2, 0.25) is 0 Å². The molecule has 0 saturated heterocycles. The lowest BCUT2D eigenvalue weighted by Crippen LogP contribution is -2.14. The lowest BCUT2D eigenvalue weighted by Gasteiger charge is -2.09. The third kappa shape index (κ3) is 4.12. The molecule has 0 fully saturated rings. The fourth-order valence-electron chi connectivity index (χ4n) is 2.81. The molecule has 2 aromatic heterocycles. The Balaban J connectivity index is 1.47. The summed E-state index contributed by atoms with van der Waals surface area (Å²) in [5.41, 5.74) is 1.60. The summed E-state index contributed by atoms with van der Waals surface area (Å²) in [6.07, 6.45) is 2.95. The van der Waals surface area contributed by atoms with E-state index in [9.17, 15) is 13.2 Å². The highest BCUT2D eigenvalue weighted by atomic mass is 32.2. The molecule has 146 valence electrons. The van der Waals surface area contributed by atoms with Gasteiger partial charge in [-0.3, -0.25) is 9.52 Å². The number of rotatable bonds is 6. The molecule has 7 nitrogen and oxygen atoms in total. The van der Waals surface area contributed by atoms with E-state index in [-0.39, 0.29) is 22.7 Å². The molecule has 0 saturated carbocycles. The molecule has 0 atom stereocenters. The van der Waals surface area contributed by atoms with Crippen LogP contribution in [0.15, 0.2) is 93.3 Å². The van der Waals surface area contributed by atoms with E-state index in [1.54, 1.807) is 48.5 Å². The normalized spacial score (nSPS) is 11.3. The van der Waals surface area contributed by atoms with Crippen molar-refractivity contribution in [3.63, 3.8) is 0 Å². The van der Waals surface area contributed by atoms with E-state index in [0.29, 0.717) is 22.2 Å². The Morgan fingerprint density at radius 1 is 0.931 bits per heavy atom. The van der Waals surface area contributed by atoms with Crippen LogP contribution in [0.1, 0.15) is 5.56 Å². The minimum absolute atomic E-state index is 0.0990. The summed E-state index contributed by atoms with van der Waals surface area (Å²) in [7, 11) is -3.73. The van der Waals surface area contributed by atoms with Crippen molar-refractivity contribution in [2.75, 3.05) is 10.0 Å². The maximum absolute atomic E-state index is 12.5. The summed E-state index contributed by atoms with van der Waals surface area (Å²) in [6, 6.07) is 18.3. The number of nitrogens with zero attached hydrogens (tertiary/aromatic N) is 1. The van der Waals surface area contributed by atoms with Gasteiger partial charge in [0.25, 0.3) is 10.0 Å². The number of aromatic nitrogens is 1. The Morgan fingerprint density at radius 2 is 1.69 bits per heavy atom. The summed E-state index contributed by atoms with van der Waals surface area (Å²) < 4.78 is 32.8. The Morgan fingerprint density at radius 3 is 2.45 bits per heavy atom. The lowest BCUT2D eigenvalue weighted by atomic mass is 10.1. The molecule has 0 aliphatic rings. The Labute approximate surface area is 167 Å². The molecule has 0 amide bonds. The molecule has 0 aliphatic carbocycles. The first-order chi connectivity index (χ1) is 14.0. The first kappa shape index (κ1) is 18.7. The molecular formula is C21H17N3O4S. The van der Waals surface area contributed by atoms with Gasteiger partial charge in [0.2, 0.25) is 0 Å². The molecule has 0 radical (unpaired) electrons. The van der Waals surface area contributed by atoms with Crippen molar-refractivity contribution in [3.8, 4) is 0 Å². The zero-order valence-electron chi connectivity index (χ0n) is 15.2. The summed E-state index contributed by atoms with van der Waals surface area (Å²) in [6.45, 7) is 0.255. The number of pyridine rings is 1. The van der Waals surface area contributed by atoms with Gasteiger partial charge in [-0.2, -0.15) is 0 Å². The standard InChI is InChI=1S/C21H17N3O4S/c25-21-15(14-28-19-6-2-1-5-18(19)21)13-23-16-8-10-17(11-9-16)29(26,27)24-20-7-3-4-12-22-20/h1-12,14,23H,13H2,(H,22,24). The van der Waals surface area contributed by atoms with Crippen LogP contribution in [0.5, 0.6) is 0 Å². The van der Waals surface area contributed by atoms with Crippen molar-refractivity contribution < 1.29 is 12.8 Å². The second-order valence-corrected chi connectivity index (χ2v) is 7.97. The van der Waals surface area contributed by atoms with Gasteiger partial charge in [-0.05, 0) is 48.5 Å². The van der Waals surface area contributed by atoms with Crippen LogP contribution in [0, 0.1) is 0 Å². The van der Waals surface area contributed by atoms with Gasteiger partial charge in [0.15, 0.2) is 5.43 Å². The third-order valence-corrected chi connectivity index (χ3v) is 5.67. The lowest BCUT2D eigenvalue weighted by molar-refractivity contribution is 0.594. The van der Waals surface area contributed by atoms with Crippen LogP contribution < -0.4 is 15.5 Å². The van der Waals surface area contributed by atoms with Crippen LogP contribution in [-0.2, 0) is 16.6 Å². The van der Waals surface area contributed by atoms with Crippen molar-refractivity contribution in [3.05, 3.63) is 95.0 Å². The van der Waals surface area contributed by atoms with Crippen LogP contribution in [0.4, 0.5) is 11.5 Å². The van der Waals surface area contributed by atoms with E-state index < -0.39 is 10.0 Å². The van der Waals surface area contributed by atoms with E-state index in [1.807, 2.05) is 6.07 Å². The second-order valence-electron chi connectivity index (χ2n) is 6.28. The number of anilines is 2. The Kier molecular flexibility index (Phi) is 5.01. The molecule has 0 unspecified atom stereocenters. The maximum Gasteiger partial charge on any atom is 0.263 e. The van der Waals surface area contributed by atoms with Crippen molar-refractivity contribution in [2.45, 2.75) is 11.4 Å². The van der Waals surface area contributed by atoms with E-state index in [0.717, 1.165) is 0 Å². The molecule has 0 aliphatic heterocycles. The SMILES string of the molecule is O=c1c(CNc2ccc(S(=O)(=O)Nc3ccccn3)cc2)coc2ccccc12. The minimum atomic E-state index is -3.73. The molecule has 29 heavy (non-hydrogen) atoms. The highest BCUT2D eigenvalue weighted by molar-refractivity contribution is 7.92. The number of para-hydroxylation sites is 1. The Bertz CT molecular complexity index is 1300. The fourth-order valence-corrected chi connectivity index (χ4v) is 3.82. The number of sulfonamides is 1. The number of benzene rings is 2. The fraction of sp³-hybridized carbons (Fsp3) is 0.0476. The third-order valence-electron chi connectivity index (χ3n) is 4.30. The van der Waals surface area contributed by atoms with Gasteiger partial charge < -0.3 is 9.73 Å². The highest BCUT2D eigenvalue weighted by Gasteiger charge is 2.14. The first-order valence-corrected chi connectivity index (χ1v) is 10.3. The number of nitrogens with one attached hydrogen (secondary N) is 2. The van der Waals surface area contributed by atoms with Gasteiger partial charge in [-0.15, -0.1) is 0 Å². The van der Waals surface area contributed by atoms with Gasteiger partial charge >= 0.3 is 0 Å². The van der Waals surface area contributed by atoms with Crippen LogP contribution in [0.25, 0.3) is 11.0 Å². The van der Waals surface area contributed by atoms with Gasteiger partial charge in [-0.1, -0.05) is 18.2 Å². The molecule has 4 rings (SSSR count). The summed E-state index contributed by atoms with van der Waals surface area (Å²) in [4.78, 5) is 16.6. The van der Waals surface area contributed by atoms with Crippen molar-refractivity contribution >= 4 is 32.5 Å². The average Bonchev–Trinajstić information content (AvgIpc) is 2.74. The van der Waals surface area contributed by atoms with Gasteiger partial charge in [-0.25, -0.2) is 13.4 Å². The minimum Gasteiger partial charge on any atom is -0.464 e. The number of fused-ring (bicyclic) bond motifs is 1. The first-order valence-electron chi connectivity index (χ1n) is 8.80. The molecule has 4 aromatic rings. The van der Waals surface area contributed by atoms with E-state index in [4.69, 9.17) is 4.42 Å². The summed E-state index contributed by atoms with van der Waals surface area (Å²) >= 11 is 0. The van der Waals surface area contributed by atoms with Gasteiger partial charge in [0.1, 0.15) is 11.4 Å². The number of hydrogen-bond donors (Lipinski definition) is 2. The predicted octanol–water partition coefficient (Wildman–Crippen LogP) is 3.60. The topological polar surface area (TPSA) is 101 Å². The van der Waals surface area contributed by atoms with Crippen LogP contribution >= 0.6 is 0 Å². The molecule has 2 N–H and O–H groups in total. The molecule has 2 heterocycles. The predicted molar refractivity (Wildman–Crippen MR) is 111 cm³/mol. The van der Waals surface area contributed by atoms with Gasteiger partial charge in [0, 0.05) is 18.4 Å². The smallest absolute Gasteiger partial charge is 0.263 e. The average molecular weight is 407 g/mol. The zero-order chi connectivity index (χ0) is 20.3. The quantitative estimate of drug-likeness (QED) is 0.506. The van der Waals surface area contributed by atoms with Crippen LogP contribution in [-0.4, -0.2) is 13.4 Å². The van der Waals surface area contributed by atoms with Gasteiger partial charge in [0.05, 0.1) is 22.1 Å².